The number of hydrogen-bond acceptors (Lipinski definition) is 5. The molecule has 3 rings (SSSR count). The first-order valence-corrected chi connectivity index (χ1v) is 11.5. The maximum atomic E-state index is 13.0. The molecule has 0 aromatic heterocycles. The van der Waals surface area contributed by atoms with Gasteiger partial charge in [0.1, 0.15) is 5.75 Å². The lowest BCUT2D eigenvalue weighted by atomic mass is 10.2. The Morgan fingerprint density at radius 1 is 0.879 bits per heavy atom. The highest BCUT2D eigenvalue weighted by molar-refractivity contribution is 7.92. The van der Waals surface area contributed by atoms with Crippen molar-refractivity contribution in [3.05, 3.63) is 84.4 Å². The van der Waals surface area contributed by atoms with Crippen molar-refractivity contribution in [3.63, 3.8) is 0 Å². The number of amides is 2. The molecule has 3 aromatic rings. The van der Waals surface area contributed by atoms with E-state index < -0.39 is 15.9 Å². The largest absolute Gasteiger partial charge is 0.484 e. The number of nitrogens with one attached hydrogen (secondary N) is 1. The number of hydrogen-bond donors (Lipinski definition) is 1. The Labute approximate surface area is 193 Å². The molecule has 0 aliphatic carbocycles. The summed E-state index contributed by atoms with van der Waals surface area (Å²) in [7, 11) is 0.911. The van der Waals surface area contributed by atoms with E-state index in [4.69, 9.17) is 4.74 Å². The van der Waals surface area contributed by atoms with Crippen LogP contribution in [0, 0.1) is 0 Å². The first-order chi connectivity index (χ1) is 15.7. The summed E-state index contributed by atoms with van der Waals surface area (Å²) in [5, 5.41) is 2.73. The van der Waals surface area contributed by atoms with Gasteiger partial charge in [-0.2, -0.15) is 0 Å². The predicted octanol–water partition coefficient (Wildman–Crippen LogP) is 3.23. The number of rotatable bonds is 8. The molecule has 0 aliphatic heterocycles. The van der Waals surface area contributed by atoms with Gasteiger partial charge in [-0.1, -0.05) is 24.3 Å². The van der Waals surface area contributed by atoms with E-state index in [0.29, 0.717) is 17.1 Å². The average Bonchev–Trinajstić information content (AvgIpc) is 2.83. The van der Waals surface area contributed by atoms with Crippen LogP contribution in [0.1, 0.15) is 10.4 Å². The lowest BCUT2D eigenvalue weighted by Crippen LogP contribution is -2.27. The fourth-order valence-electron chi connectivity index (χ4n) is 2.84. The smallest absolute Gasteiger partial charge is 0.264 e. The molecule has 3 aromatic carbocycles. The van der Waals surface area contributed by atoms with Gasteiger partial charge in [0, 0.05) is 32.4 Å². The Kier molecular flexibility index (Phi) is 7.34. The lowest BCUT2D eigenvalue weighted by molar-refractivity contribution is -0.130. The van der Waals surface area contributed by atoms with Gasteiger partial charge >= 0.3 is 0 Å². The van der Waals surface area contributed by atoms with Crippen LogP contribution in [-0.4, -0.2) is 52.9 Å². The Bertz CT molecular complexity index is 1230. The van der Waals surface area contributed by atoms with Crippen LogP contribution in [-0.2, 0) is 14.8 Å². The third kappa shape index (κ3) is 5.89. The van der Waals surface area contributed by atoms with Crippen molar-refractivity contribution < 1.29 is 22.7 Å². The van der Waals surface area contributed by atoms with Crippen LogP contribution in [0.15, 0.2) is 83.8 Å². The number of para-hydroxylation sites is 1. The van der Waals surface area contributed by atoms with Crippen LogP contribution in [0.3, 0.4) is 0 Å². The van der Waals surface area contributed by atoms with Crippen LogP contribution < -0.4 is 14.4 Å². The van der Waals surface area contributed by atoms with Crippen molar-refractivity contribution in [2.75, 3.05) is 37.4 Å². The van der Waals surface area contributed by atoms with E-state index in [2.05, 4.69) is 5.32 Å². The number of benzene rings is 3. The average molecular weight is 468 g/mol. The van der Waals surface area contributed by atoms with Crippen molar-refractivity contribution >= 4 is 33.2 Å². The molecule has 0 fully saturated rings. The van der Waals surface area contributed by atoms with Crippen LogP contribution in [0.4, 0.5) is 11.4 Å². The molecule has 0 unspecified atom stereocenters. The maximum Gasteiger partial charge on any atom is 0.264 e. The first-order valence-electron chi connectivity index (χ1n) is 10.1. The van der Waals surface area contributed by atoms with Crippen LogP contribution in [0.2, 0.25) is 0 Å². The molecule has 0 bridgehead atoms. The van der Waals surface area contributed by atoms with Crippen molar-refractivity contribution in [1.82, 2.24) is 4.90 Å². The van der Waals surface area contributed by atoms with Gasteiger partial charge in [-0.15, -0.1) is 0 Å². The predicted molar refractivity (Wildman–Crippen MR) is 127 cm³/mol. The maximum absolute atomic E-state index is 13.0. The zero-order chi connectivity index (χ0) is 24.0. The fourth-order valence-corrected chi connectivity index (χ4v) is 4.09. The quantitative estimate of drug-likeness (QED) is 0.549. The molecule has 0 saturated carbocycles. The van der Waals surface area contributed by atoms with Gasteiger partial charge in [0.2, 0.25) is 0 Å². The highest BCUT2D eigenvalue weighted by Crippen LogP contribution is 2.23. The molecule has 0 atom stereocenters. The zero-order valence-corrected chi connectivity index (χ0v) is 19.4. The van der Waals surface area contributed by atoms with Gasteiger partial charge < -0.3 is 15.0 Å². The molecular weight excluding hydrogens is 442 g/mol. The molecule has 1 N–H and O–H groups in total. The number of carbonyl (C=O) groups excluding carboxylic acids is 2. The molecule has 8 nitrogen and oxygen atoms in total. The van der Waals surface area contributed by atoms with E-state index in [1.54, 1.807) is 74.8 Å². The Balaban J connectivity index is 1.70. The van der Waals surface area contributed by atoms with Crippen molar-refractivity contribution in [1.29, 1.82) is 0 Å². The standard InChI is InChI=1S/C24H25N3O5S/c1-26(2)23(28)17-32-21-14-12-19(13-15-21)25-24(29)18-8-7-11-22(16-18)33(30,31)27(3)20-9-5-4-6-10-20/h4-16H,17H2,1-3H3,(H,25,29). The van der Waals surface area contributed by atoms with Gasteiger partial charge in [0.05, 0.1) is 10.6 Å². The molecule has 2 amide bonds. The molecule has 0 radical (unpaired) electrons. The number of nitrogens with zero attached hydrogens (tertiary/aromatic N) is 2. The molecule has 0 saturated heterocycles. The monoisotopic (exact) mass is 467 g/mol. The summed E-state index contributed by atoms with van der Waals surface area (Å²) in [6.45, 7) is -0.0859. The lowest BCUT2D eigenvalue weighted by Gasteiger charge is -2.19. The normalized spacial score (nSPS) is 10.9. The Morgan fingerprint density at radius 2 is 1.55 bits per heavy atom. The van der Waals surface area contributed by atoms with Gasteiger partial charge in [-0.3, -0.25) is 13.9 Å². The SMILES string of the molecule is CN(C)C(=O)COc1ccc(NC(=O)c2cccc(S(=O)(=O)N(C)c3ccccc3)c2)cc1. The fraction of sp³-hybridized carbons (Fsp3) is 0.167. The third-order valence-electron chi connectivity index (χ3n) is 4.85. The minimum absolute atomic E-state index is 0.0100. The number of anilines is 2. The first kappa shape index (κ1) is 23.8. The van der Waals surface area contributed by atoms with Crippen molar-refractivity contribution in [2.24, 2.45) is 0 Å². The minimum atomic E-state index is -3.84. The highest BCUT2D eigenvalue weighted by atomic mass is 32.2. The van der Waals surface area contributed by atoms with Crippen LogP contribution >= 0.6 is 0 Å². The van der Waals surface area contributed by atoms with Gasteiger partial charge in [0.25, 0.3) is 21.8 Å². The number of ether oxygens (including phenoxy) is 1. The molecular formula is C24H25N3O5S. The van der Waals surface area contributed by atoms with Gasteiger partial charge in [-0.25, -0.2) is 8.42 Å². The molecule has 0 spiro atoms. The summed E-state index contributed by atoms with van der Waals surface area (Å²) >= 11 is 0. The summed E-state index contributed by atoms with van der Waals surface area (Å²) in [5.74, 6) is -0.133. The summed E-state index contributed by atoms with van der Waals surface area (Å²) < 4.78 is 32.6. The van der Waals surface area contributed by atoms with Crippen molar-refractivity contribution in [3.8, 4) is 5.75 Å². The second kappa shape index (κ2) is 10.2. The third-order valence-corrected chi connectivity index (χ3v) is 6.63. The number of sulfonamides is 1. The van der Waals surface area contributed by atoms with Gasteiger partial charge in [0.15, 0.2) is 6.61 Å². The Hall–Kier alpha value is -3.85. The minimum Gasteiger partial charge on any atom is -0.484 e. The topological polar surface area (TPSA) is 96.0 Å². The van der Waals surface area contributed by atoms with Crippen molar-refractivity contribution in [2.45, 2.75) is 4.90 Å². The summed E-state index contributed by atoms with van der Waals surface area (Å²) in [6.07, 6.45) is 0. The van der Waals surface area contributed by atoms with E-state index in [1.165, 1.54) is 34.5 Å². The second-order valence-electron chi connectivity index (χ2n) is 7.39. The second-order valence-corrected chi connectivity index (χ2v) is 9.36. The summed E-state index contributed by atoms with van der Waals surface area (Å²) in [4.78, 5) is 25.8. The number of carbonyl (C=O) groups is 2. The van der Waals surface area contributed by atoms with Crippen LogP contribution in [0.5, 0.6) is 5.75 Å². The summed E-state index contributed by atoms with van der Waals surface area (Å²) in [6, 6.07) is 21.1. The highest BCUT2D eigenvalue weighted by Gasteiger charge is 2.22. The Morgan fingerprint density at radius 3 is 2.18 bits per heavy atom. The van der Waals surface area contributed by atoms with Gasteiger partial charge in [-0.05, 0) is 54.6 Å². The zero-order valence-electron chi connectivity index (χ0n) is 18.6. The van der Waals surface area contributed by atoms with E-state index in [9.17, 15) is 18.0 Å². The molecule has 0 heterocycles. The molecule has 0 aliphatic rings. The van der Waals surface area contributed by atoms with E-state index >= 15 is 0 Å². The van der Waals surface area contributed by atoms with E-state index in [0.717, 1.165) is 0 Å². The number of likely N-dealkylation sites (N-methyl/N-ethyl adjacent to an activating group) is 1. The van der Waals surface area contributed by atoms with E-state index in [-0.39, 0.29) is 23.0 Å². The van der Waals surface area contributed by atoms with Crippen LogP contribution in [0.25, 0.3) is 0 Å². The summed E-state index contributed by atoms with van der Waals surface area (Å²) in [5.41, 5.74) is 1.22. The van der Waals surface area contributed by atoms with E-state index in [1.807, 2.05) is 0 Å². The molecule has 33 heavy (non-hydrogen) atoms. The molecule has 172 valence electrons. The molecule has 9 heteroatoms.